The summed E-state index contributed by atoms with van der Waals surface area (Å²) in [5, 5.41) is 2.08. The third-order valence-corrected chi connectivity index (χ3v) is 7.35. The van der Waals surface area contributed by atoms with E-state index in [-0.39, 0.29) is 24.4 Å². The van der Waals surface area contributed by atoms with Gasteiger partial charge in [0.1, 0.15) is 18.9 Å². The van der Waals surface area contributed by atoms with Crippen molar-refractivity contribution < 1.29 is 14.3 Å². The molecule has 0 spiro atoms. The lowest BCUT2D eigenvalue weighted by Gasteiger charge is -2.37. The van der Waals surface area contributed by atoms with Crippen LogP contribution in [0.1, 0.15) is 52.2 Å². The number of nitrogens with zero attached hydrogens (tertiary/aromatic N) is 2. The van der Waals surface area contributed by atoms with Crippen molar-refractivity contribution in [3.63, 3.8) is 0 Å². The van der Waals surface area contributed by atoms with Gasteiger partial charge in [0.2, 0.25) is 5.91 Å². The number of benzene rings is 2. The van der Waals surface area contributed by atoms with Gasteiger partial charge in [-0.3, -0.25) is 9.59 Å². The second-order valence-electron chi connectivity index (χ2n) is 9.03. The maximum atomic E-state index is 13.5. The van der Waals surface area contributed by atoms with Crippen LogP contribution in [0.5, 0.6) is 5.75 Å². The van der Waals surface area contributed by atoms with Crippen LogP contribution in [-0.2, 0) is 11.2 Å². The number of hydrogen-bond acceptors (Lipinski definition) is 4. The molecule has 5 nitrogen and oxygen atoms in total. The number of rotatable bonds is 9. The average molecular weight is 489 g/mol. The molecule has 0 radical (unpaired) electrons. The van der Waals surface area contributed by atoms with Gasteiger partial charge in [-0.05, 0) is 59.2 Å². The molecule has 35 heavy (non-hydrogen) atoms. The molecule has 1 aromatic heterocycles. The van der Waals surface area contributed by atoms with E-state index in [1.165, 1.54) is 10.4 Å². The summed E-state index contributed by atoms with van der Waals surface area (Å²) in [7, 11) is 0. The van der Waals surface area contributed by atoms with Crippen molar-refractivity contribution in [2.45, 2.75) is 32.2 Å². The van der Waals surface area contributed by atoms with Crippen LogP contribution in [0.25, 0.3) is 0 Å². The minimum Gasteiger partial charge on any atom is -0.491 e. The zero-order chi connectivity index (χ0) is 24.8. The molecule has 0 saturated carbocycles. The maximum absolute atomic E-state index is 13.5. The van der Waals surface area contributed by atoms with Gasteiger partial charge < -0.3 is 14.5 Å². The van der Waals surface area contributed by atoms with E-state index in [2.05, 4.69) is 44.0 Å². The van der Waals surface area contributed by atoms with Crippen molar-refractivity contribution in [2.75, 3.05) is 26.2 Å². The van der Waals surface area contributed by atoms with E-state index in [4.69, 9.17) is 4.74 Å². The van der Waals surface area contributed by atoms with E-state index in [1.54, 1.807) is 34.4 Å². The molecule has 0 aliphatic carbocycles. The van der Waals surface area contributed by atoms with E-state index < -0.39 is 0 Å². The lowest BCUT2D eigenvalue weighted by Crippen LogP contribution is -2.47. The Kier molecular flexibility index (Phi) is 8.03. The van der Waals surface area contributed by atoms with Crippen molar-refractivity contribution >= 4 is 23.2 Å². The molecule has 4 rings (SSSR count). The number of thiophene rings is 1. The minimum absolute atomic E-state index is 0.00119. The van der Waals surface area contributed by atoms with E-state index >= 15 is 0 Å². The molecule has 2 amide bonds. The average Bonchev–Trinajstić information content (AvgIpc) is 3.36. The zero-order valence-electron chi connectivity index (χ0n) is 20.4. The molecular formula is C29H32N2O3S. The molecule has 1 atom stereocenters. The molecule has 1 unspecified atom stereocenters. The van der Waals surface area contributed by atoms with Crippen LogP contribution in [0.3, 0.4) is 0 Å². The first-order valence-corrected chi connectivity index (χ1v) is 12.9. The van der Waals surface area contributed by atoms with Crippen molar-refractivity contribution in [2.24, 2.45) is 0 Å². The van der Waals surface area contributed by atoms with Gasteiger partial charge in [-0.2, -0.15) is 0 Å². The first-order chi connectivity index (χ1) is 17.0. The topological polar surface area (TPSA) is 49.9 Å². The van der Waals surface area contributed by atoms with E-state index in [0.29, 0.717) is 31.2 Å². The summed E-state index contributed by atoms with van der Waals surface area (Å²) in [5.41, 5.74) is 2.96. The number of carbonyl (C=O) groups excluding carboxylic acids is 2. The molecule has 3 aromatic rings. The molecule has 0 saturated heterocycles. The summed E-state index contributed by atoms with van der Waals surface area (Å²) in [6.45, 7) is 9.38. The third kappa shape index (κ3) is 5.82. The molecule has 2 aromatic carbocycles. The van der Waals surface area contributed by atoms with Crippen molar-refractivity contribution in [1.82, 2.24) is 9.80 Å². The predicted octanol–water partition coefficient (Wildman–Crippen LogP) is 5.70. The fourth-order valence-electron chi connectivity index (χ4n) is 4.39. The summed E-state index contributed by atoms with van der Waals surface area (Å²) in [6, 6.07) is 19.1. The Balaban J connectivity index is 1.50. The molecule has 6 heteroatoms. The van der Waals surface area contributed by atoms with E-state index in [9.17, 15) is 9.59 Å². The molecule has 182 valence electrons. The largest absolute Gasteiger partial charge is 0.491 e. The quantitative estimate of drug-likeness (QED) is 0.363. The minimum atomic E-state index is -0.195. The molecular weight excluding hydrogens is 456 g/mol. The predicted molar refractivity (Wildman–Crippen MR) is 141 cm³/mol. The number of amides is 2. The van der Waals surface area contributed by atoms with Gasteiger partial charge in [0.25, 0.3) is 5.91 Å². The Morgan fingerprint density at radius 1 is 1.14 bits per heavy atom. The molecule has 1 aliphatic rings. The van der Waals surface area contributed by atoms with Gasteiger partial charge in [0, 0.05) is 23.5 Å². The van der Waals surface area contributed by atoms with Crippen LogP contribution in [0.2, 0.25) is 0 Å². The SMILES string of the molecule is C=CCN(CC(=O)N1CCc2sccc2C1COc1ccc(C(C)C)cc1)C(=O)c1ccccc1. The van der Waals surface area contributed by atoms with Gasteiger partial charge >= 0.3 is 0 Å². The van der Waals surface area contributed by atoms with Gasteiger partial charge in [-0.15, -0.1) is 17.9 Å². The Morgan fingerprint density at radius 2 is 1.89 bits per heavy atom. The number of carbonyl (C=O) groups is 2. The first kappa shape index (κ1) is 24.7. The highest BCUT2D eigenvalue weighted by Crippen LogP contribution is 2.34. The van der Waals surface area contributed by atoms with Gasteiger partial charge in [-0.25, -0.2) is 0 Å². The van der Waals surface area contributed by atoms with Crippen LogP contribution in [0.4, 0.5) is 0 Å². The molecule has 2 heterocycles. The highest BCUT2D eigenvalue weighted by atomic mass is 32.1. The molecule has 0 N–H and O–H groups in total. The normalized spacial score (nSPS) is 14.9. The van der Waals surface area contributed by atoms with Crippen LogP contribution < -0.4 is 4.74 Å². The summed E-state index contributed by atoms with van der Waals surface area (Å²) < 4.78 is 6.17. The molecule has 0 bridgehead atoms. The number of hydrogen-bond donors (Lipinski definition) is 0. The lowest BCUT2D eigenvalue weighted by atomic mass is 10.00. The molecule has 0 fully saturated rings. The van der Waals surface area contributed by atoms with Crippen molar-refractivity contribution in [3.05, 3.63) is 100 Å². The van der Waals surface area contributed by atoms with E-state index in [0.717, 1.165) is 17.7 Å². The fraction of sp³-hybridized carbons (Fsp3) is 0.310. The Labute approximate surface area is 211 Å². The van der Waals surface area contributed by atoms with Gasteiger partial charge in [0.15, 0.2) is 0 Å². The second-order valence-corrected chi connectivity index (χ2v) is 10.0. The smallest absolute Gasteiger partial charge is 0.254 e. The second kappa shape index (κ2) is 11.4. The third-order valence-electron chi connectivity index (χ3n) is 6.35. The van der Waals surface area contributed by atoms with Crippen LogP contribution in [0, 0.1) is 0 Å². The van der Waals surface area contributed by atoms with Gasteiger partial charge in [0.05, 0.1) is 6.04 Å². The highest BCUT2D eigenvalue weighted by molar-refractivity contribution is 7.10. The zero-order valence-corrected chi connectivity index (χ0v) is 21.2. The van der Waals surface area contributed by atoms with Crippen molar-refractivity contribution in [3.8, 4) is 5.75 Å². The summed E-state index contributed by atoms with van der Waals surface area (Å²) in [5.74, 6) is 0.986. The highest BCUT2D eigenvalue weighted by Gasteiger charge is 2.33. The first-order valence-electron chi connectivity index (χ1n) is 12.0. The Hall–Kier alpha value is -3.38. The maximum Gasteiger partial charge on any atom is 0.254 e. The number of ether oxygens (including phenoxy) is 1. The van der Waals surface area contributed by atoms with Crippen LogP contribution >= 0.6 is 11.3 Å². The molecule has 1 aliphatic heterocycles. The van der Waals surface area contributed by atoms with Gasteiger partial charge in [-0.1, -0.05) is 50.3 Å². The summed E-state index contributed by atoms with van der Waals surface area (Å²) >= 11 is 1.72. The fourth-order valence-corrected chi connectivity index (χ4v) is 5.32. The number of fused-ring (bicyclic) bond motifs is 1. The van der Waals surface area contributed by atoms with Crippen LogP contribution in [0.15, 0.2) is 78.7 Å². The monoisotopic (exact) mass is 488 g/mol. The van der Waals surface area contributed by atoms with E-state index in [1.807, 2.05) is 35.2 Å². The standard InChI is InChI=1S/C29H32N2O3S/c1-4-16-30(29(33)23-8-6-5-7-9-23)19-28(32)31-17-14-27-25(15-18-35-27)26(31)20-34-24-12-10-22(11-13-24)21(2)3/h4-13,15,18,21,26H,1,14,16-17,19-20H2,2-3H3. The summed E-state index contributed by atoms with van der Waals surface area (Å²) in [4.78, 5) is 31.3. The van der Waals surface area contributed by atoms with Crippen molar-refractivity contribution in [1.29, 1.82) is 0 Å². The Bertz CT molecular complexity index is 1150. The van der Waals surface area contributed by atoms with Crippen LogP contribution in [-0.4, -0.2) is 47.9 Å². The summed E-state index contributed by atoms with van der Waals surface area (Å²) in [6.07, 6.45) is 2.47. The Morgan fingerprint density at radius 3 is 2.57 bits per heavy atom. The lowest BCUT2D eigenvalue weighted by molar-refractivity contribution is -0.135.